The predicted molar refractivity (Wildman–Crippen MR) is 86.6 cm³/mol. The summed E-state index contributed by atoms with van der Waals surface area (Å²) in [5.74, 6) is 0.111. The lowest BCUT2D eigenvalue weighted by Gasteiger charge is -2.31. The van der Waals surface area contributed by atoms with Gasteiger partial charge < -0.3 is 0 Å². The second-order valence-electron chi connectivity index (χ2n) is 5.70. The highest BCUT2D eigenvalue weighted by Crippen LogP contribution is 2.44. The third kappa shape index (κ3) is 2.37. The molecule has 0 bridgehead atoms. The van der Waals surface area contributed by atoms with E-state index in [4.69, 9.17) is 0 Å². The maximum Gasteiger partial charge on any atom is 0.152 e. The number of nitrogens with zero attached hydrogens (tertiary/aromatic N) is 1. The summed E-state index contributed by atoms with van der Waals surface area (Å²) in [7, 11) is 0. The van der Waals surface area contributed by atoms with Gasteiger partial charge in [0.25, 0.3) is 0 Å². The van der Waals surface area contributed by atoms with Crippen molar-refractivity contribution in [1.82, 2.24) is 0 Å². The molecule has 0 saturated heterocycles. The number of rotatable bonds is 1. The number of hydrogen-bond donors (Lipinski definition) is 0. The molecule has 2 nitrogen and oxygen atoms in total. The molecule has 0 radical (unpaired) electrons. The molecule has 0 spiro atoms. The fourth-order valence-corrected chi connectivity index (χ4v) is 4.30. The molecule has 2 aromatic rings. The number of ketones is 1. The fourth-order valence-electron chi connectivity index (χ4n) is 3.12. The van der Waals surface area contributed by atoms with Crippen LogP contribution < -0.4 is 0 Å². The van der Waals surface area contributed by atoms with Gasteiger partial charge in [0.2, 0.25) is 0 Å². The largest absolute Gasteiger partial charge is 0.298 e. The summed E-state index contributed by atoms with van der Waals surface area (Å²) in [5.41, 5.74) is 2.89. The zero-order chi connectivity index (χ0) is 15.1. The van der Waals surface area contributed by atoms with Crippen LogP contribution in [0, 0.1) is 5.82 Å². The average molecular weight is 311 g/mol. The van der Waals surface area contributed by atoms with E-state index in [-0.39, 0.29) is 22.8 Å². The molecule has 2 unspecified atom stereocenters. The molecule has 2 atom stereocenters. The molecule has 110 valence electrons. The molecule has 1 heterocycles. The minimum Gasteiger partial charge on any atom is -0.298 e. The number of benzene rings is 2. The van der Waals surface area contributed by atoms with Gasteiger partial charge in [-0.2, -0.15) is 0 Å². The zero-order valence-electron chi connectivity index (χ0n) is 11.8. The Hall–Kier alpha value is -1.94. The molecule has 2 aliphatic rings. The van der Waals surface area contributed by atoms with Crippen molar-refractivity contribution in [3.8, 4) is 0 Å². The summed E-state index contributed by atoms with van der Waals surface area (Å²) in [5, 5.41) is -0.241. The highest BCUT2D eigenvalue weighted by molar-refractivity contribution is 8.01. The van der Waals surface area contributed by atoms with Crippen molar-refractivity contribution in [1.29, 1.82) is 0 Å². The molecule has 0 N–H and O–H groups in total. The van der Waals surface area contributed by atoms with Crippen LogP contribution in [0.2, 0.25) is 0 Å². The van der Waals surface area contributed by atoms with Crippen molar-refractivity contribution in [2.24, 2.45) is 4.99 Å². The molecular weight excluding hydrogens is 297 g/mol. The van der Waals surface area contributed by atoms with E-state index in [1.807, 2.05) is 18.2 Å². The van der Waals surface area contributed by atoms with Crippen LogP contribution in [0.25, 0.3) is 0 Å². The van der Waals surface area contributed by atoms with Crippen molar-refractivity contribution in [3.63, 3.8) is 0 Å². The van der Waals surface area contributed by atoms with Crippen molar-refractivity contribution < 1.29 is 9.18 Å². The average Bonchev–Trinajstić information content (AvgIpc) is 2.54. The van der Waals surface area contributed by atoms with Gasteiger partial charge in [-0.15, -0.1) is 11.8 Å². The lowest BCUT2D eigenvalue weighted by atomic mass is 9.82. The van der Waals surface area contributed by atoms with Crippen molar-refractivity contribution in [3.05, 3.63) is 59.9 Å². The first kappa shape index (κ1) is 13.7. The van der Waals surface area contributed by atoms with E-state index in [0.717, 1.165) is 22.7 Å². The molecule has 22 heavy (non-hydrogen) atoms. The molecule has 4 rings (SSSR count). The summed E-state index contributed by atoms with van der Waals surface area (Å²) in [6, 6.07) is 14.7. The van der Waals surface area contributed by atoms with Gasteiger partial charge in [0.15, 0.2) is 5.78 Å². The first-order valence-corrected chi connectivity index (χ1v) is 8.20. The van der Waals surface area contributed by atoms with E-state index in [1.54, 1.807) is 6.07 Å². The number of carbonyl (C=O) groups is 1. The Kier molecular flexibility index (Phi) is 3.34. The van der Waals surface area contributed by atoms with Crippen LogP contribution in [0.3, 0.4) is 0 Å². The molecule has 1 aliphatic carbocycles. The van der Waals surface area contributed by atoms with Crippen LogP contribution in [0.5, 0.6) is 0 Å². The van der Waals surface area contributed by atoms with E-state index >= 15 is 0 Å². The van der Waals surface area contributed by atoms with E-state index < -0.39 is 0 Å². The van der Waals surface area contributed by atoms with Gasteiger partial charge in [0, 0.05) is 17.0 Å². The summed E-state index contributed by atoms with van der Waals surface area (Å²) in [4.78, 5) is 17.9. The van der Waals surface area contributed by atoms with Crippen molar-refractivity contribution in [2.45, 2.75) is 28.9 Å². The number of aliphatic imine (C=N–C) groups is 1. The summed E-state index contributed by atoms with van der Waals surface area (Å²) < 4.78 is 13.4. The van der Waals surface area contributed by atoms with E-state index in [2.05, 4.69) is 17.1 Å². The number of fused-ring (bicyclic) bond motifs is 2. The Balaban J connectivity index is 1.70. The van der Waals surface area contributed by atoms with E-state index in [1.165, 1.54) is 29.5 Å². The monoisotopic (exact) mass is 311 g/mol. The zero-order valence-corrected chi connectivity index (χ0v) is 12.6. The number of carbonyl (C=O) groups excluding carboxylic acids is 1. The Morgan fingerprint density at radius 2 is 1.91 bits per heavy atom. The third-order valence-corrected chi connectivity index (χ3v) is 5.55. The molecule has 0 amide bonds. The molecule has 0 aromatic heterocycles. The summed E-state index contributed by atoms with van der Waals surface area (Å²) in [6.45, 7) is 0. The number of thioether (sulfide) groups is 1. The van der Waals surface area contributed by atoms with Crippen LogP contribution >= 0.6 is 11.8 Å². The highest BCUT2D eigenvalue weighted by Gasteiger charge is 2.37. The number of Topliss-reactive ketones (excluding diaryl/α,β-unsaturated/α-hetero) is 1. The minimum atomic E-state index is -0.282. The lowest BCUT2D eigenvalue weighted by molar-refractivity contribution is -0.118. The second kappa shape index (κ2) is 5.36. The molecule has 1 saturated carbocycles. The number of halogens is 1. The normalized spacial score (nSPS) is 23.5. The topological polar surface area (TPSA) is 29.4 Å². The molecule has 2 aromatic carbocycles. The Labute approximate surface area is 132 Å². The maximum atomic E-state index is 13.4. The van der Waals surface area contributed by atoms with Gasteiger partial charge in [-0.05, 0) is 36.1 Å². The fraction of sp³-hybridized carbons (Fsp3) is 0.222. The quantitative estimate of drug-likeness (QED) is 0.775. The third-order valence-electron chi connectivity index (χ3n) is 4.20. The second-order valence-corrected chi connectivity index (χ2v) is 6.84. The summed E-state index contributed by atoms with van der Waals surface area (Å²) >= 11 is 1.44. The van der Waals surface area contributed by atoms with Gasteiger partial charge in [0.05, 0.1) is 5.69 Å². The van der Waals surface area contributed by atoms with Gasteiger partial charge in [0.1, 0.15) is 11.1 Å². The Bertz CT molecular complexity index is 772. The van der Waals surface area contributed by atoms with Gasteiger partial charge in [-0.25, -0.2) is 4.39 Å². The van der Waals surface area contributed by atoms with Crippen LogP contribution in [0.4, 0.5) is 10.1 Å². The number of hydrogen-bond acceptors (Lipinski definition) is 3. The standard InChI is InChI=1S/C18H14FNOS/c19-13-6-7-14-17(10-13)22-18-15(20-14)8-12(9-16(18)21)11-4-2-1-3-5-11/h1-7,10,12,18H,8-9H2. The van der Waals surface area contributed by atoms with Gasteiger partial charge in [-0.3, -0.25) is 9.79 Å². The maximum absolute atomic E-state index is 13.4. The van der Waals surface area contributed by atoms with Crippen molar-refractivity contribution in [2.75, 3.05) is 0 Å². The van der Waals surface area contributed by atoms with Crippen molar-refractivity contribution >= 4 is 28.9 Å². The summed E-state index contributed by atoms with van der Waals surface area (Å²) in [6.07, 6.45) is 1.33. The SMILES string of the molecule is O=C1CC(c2ccccc2)CC2=Nc3ccc(F)cc3SC12. The predicted octanol–water partition coefficient (Wildman–Crippen LogP) is 4.52. The van der Waals surface area contributed by atoms with E-state index in [0.29, 0.717) is 6.42 Å². The molecule has 1 aliphatic heterocycles. The smallest absolute Gasteiger partial charge is 0.152 e. The first-order valence-electron chi connectivity index (χ1n) is 7.32. The molecule has 4 heteroatoms. The first-order chi connectivity index (χ1) is 10.7. The van der Waals surface area contributed by atoms with Crippen LogP contribution in [-0.2, 0) is 4.79 Å². The van der Waals surface area contributed by atoms with Crippen LogP contribution in [0.1, 0.15) is 24.3 Å². The van der Waals surface area contributed by atoms with Crippen LogP contribution in [-0.4, -0.2) is 16.7 Å². The van der Waals surface area contributed by atoms with Crippen LogP contribution in [0.15, 0.2) is 58.4 Å². The van der Waals surface area contributed by atoms with E-state index in [9.17, 15) is 9.18 Å². The minimum absolute atomic E-state index is 0.193. The molecular formula is C18H14FNOS. The molecule has 1 fully saturated rings. The van der Waals surface area contributed by atoms with Gasteiger partial charge in [-0.1, -0.05) is 30.3 Å². The van der Waals surface area contributed by atoms with Gasteiger partial charge >= 0.3 is 0 Å². The Morgan fingerprint density at radius 1 is 1.09 bits per heavy atom. The Morgan fingerprint density at radius 3 is 2.73 bits per heavy atom. The lowest BCUT2D eigenvalue weighted by Crippen LogP contribution is -2.36. The highest BCUT2D eigenvalue weighted by atomic mass is 32.2.